The number of likely N-dealkylation sites (tertiary alicyclic amines) is 1. The summed E-state index contributed by atoms with van der Waals surface area (Å²) in [5, 5.41) is 0. The molecule has 2 atom stereocenters. The molecule has 1 aliphatic heterocycles. The number of amides is 1. The number of thioether (sulfide) groups is 1. The highest BCUT2D eigenvalue weighted by Gasteiger charge is 2.35. The minimum Gasteiger partial charge on any atom is -0.444 e. The predicted octanol–water partition coefficient (Wildman–Crippen LogP) is 2.47. The first kappa shape index (κ1) is 14.2. The van der Waals surface area contributed by atoms with Gasteiger partial charge in [-0.1, -0.05) is 0 Å². The van der Waals surface area contributed by atoms with Crippen LogP contribution in [0.3, 0.4) is 0 Å². The van der Waals surface area contributed by atoms with E-state index >= 15 is 0 Å². The molecule has 1 aliphatic rings. The molecule has 1 rings (SSSR count). The highest BCUT2D eigenvalue weighted by atomic mass is 32.2. The average Bonchev–Trinajstić information content (AvgIpc) is 2.59. The molecule has 0 aromatic carbocycles. The van der Waals surface area contributed by atoms with Crippen LogP contribution in [0.5, 0.6) is 0 Å². The van der Waals surface area contributed by atoms with Gasteiger partial charge in [0.15, 0.2) is 0 Å². The van der Waals surface area contributed by atoms with Gasteiger partial charge in [-0.15, -0.1) is 12.3 Å². The van der Waals surface area contributed by atoms with Crippen molar-refractivity contribution in [1.29, 1.82) is 0 Å². The molecule has 0 bridgehead atoms. The fourth-order valence-corrected chi connectivity index (χ4v) is 2.68. The van der Waals surface area contributed by atoms with E-state index in [1.54, 1.807) is 16.7 Å². The van der Waals surface area contributed by atoms with E-state index in [0.29, 0.717) is 19.0 Å². The minimum atomic E-state index is -0.444. The van der Waals surface area contributed by atoms with Crippen LogP contribution >= 0.6 is 11.8 Å². The summed E-state index contributed by atoms with van der Waals surface area (Å²) in [5.74, 6) is 4.33. The van der Waals surface area contributed by atoms with Crippen LogP contribution in [0.4, 0.5) is 4.79 Å². The summed E-state index contributed by atoms with van der Waals surface area (Å²) in [6.07, 6.45) is 7.32. The van der Waals surface area contributed by atoms with E-state index in [0.717, 1.165) is 5.75 Å². The number of nitrogens with zero attached hydrogens (tertiary/aromatic N) is 1. The van der Waals surface area contributed by atoms with E-state index in [9.17, 15) is 4.79 Å². The second-order valence-corrected chi connectivity index (χ2v) is 6.28. The van der Waals surface area contributed by atoms with Gasteiger partial charge in [-0.2, -0.15) is 11.8 Å². The lowest BCUT2D eigenvalue weighted by molar-refractivity contribution is 0.0287. The number of ether oxygens (including phenoxy) is 1. The Bertz CT molecular complexity index is 316. The molecule has 17 heavy (non-hydrogen) atoms. The van der Waals surface area contributed by atoms with E-state index in [2.05, 4.69) is 12.2 Å². The van der Waals surface area contributed by atoms with Gasteiger partial charge in [0.2, 0.25) is 0 Å². The van der Waals surface area contributed by atoms with Crippen LogP contribution < -0.4 is 0 Å². The number of rotatable bonds is 2. The van der Waals surface area contributed by atoms with Crippen LogP contribution in [0.25, 0.3) is 0 Å². The van der Waals surface area contributed by atoms with Gasteiger partial charge in [0.05, 0.1) is 0 Å². The number of hydrogen-bond acceptors (Lipinski definition) is 3. The third-order valence-corrected chi connectivity index (χ3v) is 3.45. The summed E-state index contributed by atoms with van der Waals surface area (Å²) >= 11 is 1.77. The van der Waals surface area contributed by atoms with E-state index in [4.69, 9.17) is 11.2 Å². The van der Waals surface area contributed by atoms with Gasteiger partial charge in [0, 0.05) is 24.9 Å². The predicted molar refractivity (Wildman–Crippen MR) is 72.0 cm³/mol. The number of carbonyl (C=O) groups is 1. The van der Waals surface area contributed by atoms with Crippen molar-refractivity contribution in [3.05, 3.63) is 0 Å². The second-order valence-electron chi connectivity index (χ2n) is 5.37. The summed E-state index contributed by atoms with van der Waals surface area (Å²) < 4.78 is 5.35. The summed E-state index contributed by atoms with van der Waals surface area (Å²) in [6, 6.07) is 0. The van der Waals surface area contributed by atoms with Crippen LogP contribution in [0.1, 0.15) is 20.8 Å². The third kappa shape index (κ3) is 4.16. The Morgan fingerprint density at radius 1 is 1.53 bits per heavy atom. The molecule has 0 aromatic rings. The van der Waals surface area contributed by atoms with Crippen LogP contribution in [-0.2, 0) is 4.74 Å². The molecule has 4 heteroatoms. The van der Waals surface area contributed by atoms with Crippen molar-refractivity contribution in [2.75, 3.05) is 25.1 Å². The molecule has 0 saturated carbocycles. The van der Waals surface area contributed by atoms with Gasteiger partial charge >= 0.3 is 6.09 Å². The fraction of sp³-hybridized carbons (Fsp3) is 0.769. The van der Waals surface area contributed by atoms with Crippen LogP contribution in [0, 0.1) is 24.2 Å². The smallest absolute Gasteiger partial charge is 0.410 e. The standard InChI is InChI=1S/C13H21NO2S/c1-6-10-7-14(8-11(10)9-17-5)12(15)16-13(2,3)4/h1,10-11H,7-9H2,2-5H3/t10-,11+/m0/s1. The summed E-state index contributed by atoms with van der Waals surface area (Å²) in [4.78, 5) is 13.6. The molecule has 0 aliphatic carbocycles. The largest absolute Gasteiger partial charge is 0.444 e. The Hall–Kier alpha value is -0.820. The first-order valence-electron chi connectivity index (χ1n) is 5.80. The van der Waals surface area contributed by atoms with Gasteiger partial charge in [0.25, 0.3) is 0 Å². The molecule has 3 nitrogen and oxygen atoms in total. The lowest BCUT2D eigenvalue weighted by atomic mass is 9.99. The Morgan fingerprint density at radius 3 is 2.65 bits per heavy atom. The van der Waals surface area contributed by atoms with Crippen molar-refractivity contribution in [1.82, 2.24) is 4.90 Å². The molecule has 1 heterocycles. The number of carbonyl (C=O) groups excluding carboxylic acids is 1. The molecular weight excluding hydrogens is 234 g/mol. The van der Waals surface area contributed by atoms with Gasteiger partial charge < -0.3 is 9.64 Å². The molecule has 0 unspecified atom stereocenters. The van der Waals surface area contributed by atoms with E-state index in [1.807, 2.05) is 20.8 Å². The Morgan fingerprint density at radius 2 is 2.18 bits per heavy atom. The van der Waals surface area contributed by atoms with Crippen LogP contribution in [-0.4, -0.2) is 41.7 Å². The molecule has 0 radical (unpaired) electrons. The van der Waals surface area contributed by atoms with Crippen molar-refractivity contribution in [2.45, 2.75) is 26.4 Å². The number of hydrogen-bond donors (Lipinski definition) is 0. The molecule has 0 spiro atoms. The third-order valence-electron chi connectivity index (χ3n) is 2.69. The maximum atomic E-state index is 11.9. The molecule has 96 valence electrons. The van der Waals surface area contributed by atoms with Gasteiger partial charge in [-0.3, -0.25) is 0 Å². The summed E-state index contributed by atoms with van der Waals surface area (Å²) in [5.41, 5.74) is -0.444. The first-order valence-corrected chi connectivity index (χ1v) is 7.19. The van der Waals surface area contributed by atoms with Crippen molar-refractivity contribution in [2.24, 2.45) is 11.8 Å². The Balaban J connectivity index is 2.58. The lowest BCUT2D eigenvalue weighted by Gasteiger charge is -2.24. The van der Waals surface area contributed by atoms with Crippen molar-refractivity contribution in [3.63, 3.8) is 0 Å². The van der Waals surface area contributed by atoms with Crippen molar-refractivity contribution >= 4 is 17.9 Å². The van der Waals surface area contributed by atoms with Crippen LogP contribution in [0.15, 0.2) is 0 Å². The van der Waals surface area contributed by atoms with Crippen LogP contribution in [0.2, 0.25) is 0 Å². The summed E-state index contributed by atoms with van der Waals surface area (Å²) in [6.45, 7) is 6.96. The highest BCUT2D eigenvalue weighted by molar-refractivity contribution is 7.98. The fourth-order valence-electron chi connectivity index (χ4n) is 1.92. The maximum Gasteiger partial charge on any atom is 0.410 e. The SMILES string of the molecule is C#C[C@H]1CN(C(=O)OC(C)(C)C)C[C@@H]1CSC. The average molecular weight is 255 g/mol. The topological polar surface area (TPSA) is 29.5 Å². The first-order chi connectivity index (χ1) is 7.87. The molecular formula is C13H21NO2S. The van der Waals surface area contributed by atoms with Crippen molar-refractivity contribution in [3.8, 4) is 12.3 Å². The highest BCUT2D eigenvalue weighted by Crippen LogP contribution is 2.26. The quantitative estimate of drug-likeness (QED) is 0.710. The molecule has 1 fully saturated rings. The van der Waals surface area contributed by atoms with Gasteiger partial charge in [0.1, 0.15) is 5.60 Å². The lowest BCUT2D eigenvalue weighted by Crippen LogP contribution is -2.35. The second kappa shape index (κ2) is 5.68. The van der Waals surface area contributed by atoms with E-state index in [1.165, 1.54) is 0 Å². The van der Waals surface area contributed by atoms with Crippen molar-refractivity contribution < 1.29 is 9.53 Å². The minimum absolute atomic E-state index is 0.162. The number of terminal acetylenes is 1. The zero-order chi connectivity index (χ0) is 13.1. The van der Waals surface area contributed by atoms with E-state index in [-0.39, 0.29) is 12.0 Å². The molecule has 0 aromatic heterocycles. The van der Waals surface area contributed by atoms with Gasteiger partial charge in [-0.25, -0.2) is 4.79 Å². The summed E-state index contributed by atoms with van der Waals surface area (Å²) in [7, 11) is 0. The molecule has 0 N–H and O–H groups in total. The molecule has 1 saturated heterocycles. The zero-order valence-electron chi connectivity index (χ0n) is 11.0. The Kier molecular flexibility index (Phi) is 4.76. The normalized spacial score (nSPS) is 24.5. The maximum absolute atomic E-state index is 11.9. The van der Waals surface area contributed by atoms with Gasteiger partial charge in [-0.05, 0) is 32.8 Å². The zero-order valence-corrected chi connectivity index (χ0v) is 11.8. The molecule has 1 amide bonds. The van der Waals surface area contributed by atoms with E-state index < -0.39 is 5.60 Å². The Labute approximate surface area is 108 Å². The monoisotopic (exact) mass is 255 g/mol.